The van der Waals surface area contributed by atoms with Gasteiger partial charge in [-0.3, -0.25) is 0 Å². The summed E-state index contributed by atoms with van der Waals surface area (Å²) in [6.07, 6.45) is 5.77. The highest BCUT2D eigenvalue weighted by molar-refractivity contribution is 5.81. The minimum Gasteiger partial charge on any atom is -0.364 e. The van der Waals surface area contributed by atoms with E-state index in [4.69, 9.17) is 0 Å². The Balaban J connectivity index is 1.52. The first-order valence-corrected chi connectivity index (χ1v) is 10.8. The average molecular weight is 392 g/mol. The summed E-state index contributed by atoms with van der Waals surface area (Å²) in [7, 11) is 2.25. The van der Waals surface area contributed by atoms with E-state index in [1.807, 2.05) is 0 Å². The molecule has 0 saturated heterocycles. The van der Waals surface area contributed by atoms with Crippen LogP contribution in [-0.4, -0.2) is 12.6 Å². The minimum atomic E-state index is -0.0425. The Hall–Kier alpha value is -3.06. The van der Waals surface area contributed by atoms with Gasteiger partial charge in [0.05, 0.1) is 5.54 Å². The average Bonchev–Trinajstić information content (AvgIpc) is 2.92. The second-order valence-corrected chi connectivity index (χ2v) is 9.39. The van der Waals surface area contributed by atoms with E-state index in [1.54, 1.807) is 0 Å². The van der Waals surface area contributed by atoms with Gasteiger partial charge in [-0.2, -0.15) is 0 Å². The summed E-state index contributed by atoms with van der Waals surface area (Å²) in [4.78, 5) is 2.49. The Labute approximate surface area is 180 Å². The Morgan fingerprint density at radius 3 is 2.37 bits per heavy atom. The van der Waals surface area contributed by atoms with Gasteiger partial charge in [0.25, 0.3) is 0 Å². The molecule has 0 saturated carbocycles. The molecule has 0 radical (unpaired) electrons. The number of aryl methyl sites for hydroxylation is 1. The van der Waals surface area contributed by atoms with Crippen LogP contribution in [-0.2, 0) is 11.8 Å². The van der Waals surface area contributed by atoms with Gasteiger partial charge in [-0.05, 0) is 52.4 Å². The molecule has 1 heterocycles. The fraction of sp³-hybridized carbons (Fsp3) is 0.241. The molecule has 0 N–H and O–H groups in total. The summed E-state index contributed by atoms with van der Waals surface area (Å²) in [6.45, 7) is 11.3. The minimum absolute atomic E-state index is 0.0384. The number of nitrogens with zero attached hydrogens (tertiary/aromatic N) is 1. The van der Waals surface area contributed by atoms with Gasteiger partial charge < -0.3 is 4.90 Å². The first-order chi connectivity index (χ1) is 14.3. The number of fused-ring (bicyclic) bond motifs is 2. The molecular weight excluding hydrogens is 362 g/mol. The van der Waals surface area contributed by atoms with Gasteiger partial charge in [0.2, 0.25) is 0 Å². The van der Waals surface area contributed by atoms with Crippen LogP contribution in [0.1, 0.15) is 47.2 Å². The molecule has 5 rings (SSSR count). The molecule has 1 aliphatic carbocycles. The van der Waals surface area contributed by atoms with Crippen molar-refractivity contribution in [2.45, 2.75) is 38.1 Å². The molecule has 1 heteroatoms. The second kappa shape index (κ2) is 6.47. The summed E-state index contributed by atoms with van der Waals surface area (Å²) in [6, 6.07) is 24.3. The number of hydrogen-bond acceptors (Lipinski definition) is 1. The monoisotopic (exact) mass is 391 g/mol. The maximum absolute atomic E-state index is 4.37. The molecular formula is C29H29N. The fourth-order valence-electron chi connectivity index (χ4n) is 5.42. The van der Waals surface area contributed by atoms with Crippen LogP contribution in [0.2, 0.25) is 0 Å². The lowest BCUT2D eigenvalue weighted by Crippen LogP contribution is -2.55. The zero-order valence-electron chi connectivity index (χ0n) is 18.4. The molecule has 30 heavy (non-hydrogen) atoms. The van der Waals surface area contributed by atoms with E-state index in [1.165, 1.54) is 39.1 Å². The highest BCUT2D eigenvalue weighted by Gasteiger charge is 2.54. The van der Waals surface area contributed by atoms with Crippen molar-refractivity contribution < 1.29 is 0 Å². The van der Waals surface area contributed by atoms with Crippen LogP contribution < -0.4 is 4.90 Å². The first-order valence-electron chi connectivity index (χ1n) is 10.8. The molecule has 0 aromatic heterocycles. The smallest absolute Gasteiger partial charge is 0.0717 e. The van der Waals surface area contributed by atoms with Crippen molar-refractivity contribution in [3.8, 4) is 0 Å². The van der Waals surface area contributed by atoms with Crippen molar-refractivity contribution in [2.75, 3.05) is 11.9 Å². The first kappa shape index (κ1) is 18.9. The molecule has 0 amide bonds. The normalized spacial score (nSPS) is 20.9. The SMILES string of the molecule is C=C(c1ccc(C)cc1)c1ccc2c(c1)C=CC1(C2)N(C)c2ccccc2C1(C)C. The zero-order chi connectivity index (χ0) is 21.1. The molecule has 1 atom stereocenters. The van der Waals surface area contributed by atoms with Crippen LogP contribution in [0, 0.1) is 6.92 Å². The number of rotatable bonds is 2. The van der Waals surface area contributed by atoms with Crippen LogP contribution in [0.3, 0.4) is 0 Å². The molecule has 3 aromatic rings. The fourth-order valence-corrected chi connectivity index (χ4v) is 5.42. The molecule has 1 unspecified atom stereocenters. The molecule has 3 aromatic carbocycles. The van der Waals surface area contributed by atoms with E-state index in [0.717, 1.165) is 12.0 Å². The molecule has 0 bridgehead atoms. The molecule has 1 aliphatic heterocycles. The van der Waals surface area contributed by atoms with Crippen LogP contribution in [0.15, 0.2) is 79.4 Å². The topological polar surface area (TPSA) is 3.24 Å². The van der Waals surface area contributed by atoms with Crippen LogP contribution in [0.5, 0.6) is 0 Å². The maximum Gasteiger partial charge on any atom is 0.0717 e. The van der Waals surface area contributed by atoms with Gasteiger partial charge >= 0.3 is 0 Å². The van der Waals surface area contributed by atoms with Crippen LogP contribution >= 0.6 is 0 Å². The Bertz CT molecular complexity index is 1180. The summed E-state index contributed by atoms with van der Waals surface area (Å²) in [5.74, 6) is 0. The van der Waals surface area contributed by atoms with Crippen molar-refractivity contribution in [2.24, 2.45) is 0 Å². The standard InChI is InChI=1S/C29H29N/c1-20-10-12-22(13-11-20)21(2)23-14-15-25-19-29(17-16-24(25)18-23)28(3,4)26-8-6-7-9-27(26)30(29)5/h6-18H,2,19H2,1,3-5H3. The lowest BCUT2D eigenvalue weighted by molar-refractivity contribution is 0.330. The van der Waals surface area contributed by atoms with Gasteiger partial charge in [-0.1, -0.05) is 92.7 Å². The largest absolute Gasteiger partial charge is 0.364 e. The van der Waals surface area contributed by atoms with E-state index in [2.05, 4.69) is 118 Å². The van der Waals surface area contributed by atoms with Gasteiger partial charge in [0.15, 0.2) is 0 Å². The van der Waals surface area contributed by atoms with Crippen molar-refractivity contribution in [1.29, 1.82) is 0 Å². The Kier molecular flexibility index (Phi) is 4.08. The van der Waals surface area contributed by atoms with Crippen molar-refractivity contribution in [3.05, 3.63) is 113 Å². The lowest BCUT2D eigenvalue weighted by Gasteiger charge is -2.46. The van der Waals surface area contributed by atoms with Crippen molar-refractivity contribution >= 4 is 17.3 Å². The van der Waals surface area contributed by atoms with E-state index in [9.17, 15) is 0 Å². The number of anilines is 1. The highest BCUT2D eigenvalue weighted by atomic mass is 15.2. The van der Waals surface area contributed by atoms with Crippen molar-refractivity contribution in [3.63, 3.8) is 0 Å². The summed E-state index contributed by atoms with van der Waals surface area (Å²) < 4.78 is 0. The Morgan fingerprint density at radius 1 is 0.933 bits per heavy atom. The molecule has 0 fully saturated rings. The zero-order valence-corrected chi connectivity index (χ0v) is 18.4. The summed E-state index contributed by atoms with van der Waals surface area (Å²) >= 11 is 0. The third kappa shape index (κ3) is 2.55. The predicted octanol–water partition coefficient (Wildman–Crippen LogP) is 6.79. The summed E-state index contributed by atoms with van der Waals surface area (Å²) in [5.41, 5.74) is 10.2. The predicted molar refractivity (Wildman–Crippen MR) is 129 cm³/mol. The molecule has 150 valence electrons. The molecule has 2 aliphatic rings. The number of para-hydroxylation sites is 1. The van der Waals surface area contributed by atoms with Gasteiger partial charge in [-0.15, -0.1) is 0 Å². The molecule has 1 nitrogen and oxygen atoms in total. The highest BCUT2D eigenvalue weighted by Crippen LogP contribution is 2.54. The van der Waals surface area contributed by atoms with Gasteiger partial charge in [-0.25, -0.2) is 0 Å². The van der Waals surface area contributed by atoms with E-state index >= 15 is 0 Å². The third-order valence-corrected chi connectivity index (χ3v) is 7.51. The van der Waals surface area contributed by atoms with Crippen molar-refractivity contribution in [1.82, 2.24) is 0 Å². The van der Waals surface area contributed by atoms with E-state index < -0.39 is 0 Å². The van der Waals surface area contributed by atoms with Crippen LogP contribution in [0.4, 0.5) is 5.69 Å². The molecule has 1 spiro atoms. The quantitative estimate of drug-likeness (QED) is 0.465. The Morgan fingerprint density at radius 2 is 1.63 bits per heavy atom. The second-order valence-electron chi connectivity index (χ2n) is 9.39. The summed E-state index contributed by atoms with van der Waals surface area (Å²) in [5, 5.41) is 0. The van der Waals surface area contributed by atoms with Gasteiger partial charge in [0.1, 0.15) is 0 Å². The maximum atomic E-state index is 4.37. The lowest BCUT2D eigenvalue weighted by atomic mass is 9.65. The number of benzene rings is 3. The number of likely N-dealkylation sites (N-methyl/N-ethyl adjacent to an activating group) is 1. The number of hydrogen-bond donors (Lipinski definition) is 0. The van der Waals surface area contributed by atoms with E-state index in [0.29, 0.717) is 0 Å². The van der Waals surface area contributed by atoms with Crippen LogP contribution in [0.25, 0.3) is 11.6 Å². The van der Waals surface area contributed by atoms with E-state index in [-0.39, 0.29) is 11.0 Å². The van der Waals surface area contributed by atoms with Gasteiger partial charge in [0, 0.05) is 24.6 Å². The third-order valence-electron chi connectivity index (χ3n) is 7.51.